The van der Waals surface area contributed by atoms with Crippen molar-refractivity contribution in [3.8, 4) is 0 Å². The van der Waals surface area contributed by atoms with Gasteiger partial charge in [0.25, 0.3) is 0 Å². The van der Waals surface area contributed by atoms with Gasteiger partial charge in [-0.15, -0.1) is 0 Å². The average Bonchev–Trinajstić information content (AvgIpc) is 2.81. The van der Waals surface area contributed by atoms with E-state index in [1.54, 1.807) is 12.5 Å². The lowest BCUT2D eigenvalue weighted by atomic mass is 9.98. The molecule has 2 heterocycles. The summed E-state index contributed by atoms with van der Waals surface area (Å²) in [7, 11) is 0. The lowest BCUT2D eigenvalue weighted by Crippen LogP contribution is -2.26. The van der Waals surface area contributed by atoms with Crippen LogP contribution >= 0.6 is 11.8 Å². The highest BCUT2D eigenvalue weighted by Gasteiger charge is 2.16. The van der Waals surface area contributed by atoms with Crippen LogP contribution < -0.4 is 5.32 Å². The van der Waals surface area contributed by atoms with Crippen molar-refractivity contribution < 1.29 is 4.79 Å². The molecule has 0 aromatic carbocycles. The molecule has 4 nitrogen and oxygen atoms in total. The second kappa shape index (κ2) is 5.94. The number of aromatic nitrogens is 2. The molecule has 1 aromatic heterocycles. The van der Waals surface area contributed by atoms with Crippen LogP contribution in [0.3, 0.4) is 0 Å². The van der Waals surface area contributed by atoms with Gasteiger partial charge in [-0.1, -0.05) is 0 Å². The summed E-state index contributed by atoms with van der Waals surface area (Å²) in [5.41, 5.74) is 0.951. The molecule has 0 unspecified atom stereocenters. The highest BCUT2D eigenvalue weighted by Crippen LogP contribution is 2.24. The number of nitrogens with one attached hydrogen (secondary N) is 2. The van der Waals surface area contributed by atoms with Crippen LogP contribution in [0.15, 0.2) is 12.5 Å². The van der Waals surface area contributed by atoms with E-state index in [1.807, 2.05) is 11.8 Å². The van der Waals surface area contributed by atoms with Gasteiger partial charge in [0, 0.05) is 12.6 Å². The Kier molecular flexibility index (Phi) is 4.27. The number of aromatic amines is 1. The van der Waals surface area contributed by atoms with Crippen LogP contribution in [0, 0.1) is 5.92 Å². The molecular formula is C11H17N3OS. The number of carbonyl (C=O) groups excluding carboxylic acids is 1. The Morgan fingerprint density at radius 2 is 2.38 bits per heavy atom. The third-order valence-corrected chi connectivity index (χ3v) is 3.89. The number of thioether (sulfide) groups is 1. The van der Waals surface area contributed by atoms with E-state index in [9.17, 15) is 4.79 Å². The number of amides is 1. The smallest absolute Gasteiger partial charge is 0.220 e. The van der Waals surface area contributed by atoms with Crippen molar-refractivity contribution in [1.82, 2.24) is 15.3 Å². The Bertz CT molecular complexity index is 320. The molecule has 2 N–H and O–H groups in total. The van der Waals surface area contributed by atoms with E-state index < -0.39 is 0 Å². The molecule has 1 aromatic rings. The fourth-order valence-corrected chi connectivity index (χ4v) is 3.06. The molecule has 0 bridgehead atoms. The summed E-state index contributed by atoms with van der Waals surface area (Å²) >= 11 is 1.99. The molecule has 1 aliphatic heterocycles. The van der Waals surface area contributed by atoms with E-state index in [2.05, 4.69) is 15.3 Å². The molecule has 0 radical (unpaired) electrons. The Balaban J connectivity index is 1.67. The Labute approximate surface area is 99.6 Å². The van der Waals surface area contributed by atoms with E-state index in [-0.39, 0.29) is 5.91 Å². The third-order valence-electron chi connectivity index (χ3n) is 2.85. The summed E-state index contributed by atoms with van der Waals surface area (Å²) in [5.74, 6) is 3.16. The van der Waals surface area contributed by atoms with E-state index in [4.69, 9.17) is 0 Å². The van der Waals surface area contributed by atoms with E-state index in [0.717, 1.165) is 5.69 Å². The molecule has 2 rings (SSSR count). The minimum absolute atomic E-state index is 0.159. The number of rotatable bonds is 4. The molecule has 1 saturated heterocycles. The first kappa shape index (κ1) is 11.5. The molecule has 1 amide bonds. The number of hydrogen-bond donors (Lipinski definition) is 2. The van der Waals surface area contributed by atoms with Gasteiger partial charge >= 0.3 is 0 Å². The zero-order chi connectivity index (χ0) is 11.2. The number of nitrogens with zero attached hydrogens (tertiary/aromatic N) is 1. The Hall–Kier alpha value is -0.970. The van der Waals surface area contributed by atoms with Gasteiger partial charge < -0.3 is 10.3 Å². The average molecular weight is 239 g/mol. The summed E-state index contributed by atoms with van der Waals surface area (Å²) < 4.78 is 0. The van der Waals surface area contributed by atoms with E-state index >= 15 is 0 Å². The number of hydrogen-bond acceptors (Lipinski definition) is 3. The first-order valence-corrected chi connectivity index (χ1v) is 6.82. The van der Waals surface area contributed by atoms with Gasteiger partial charge in [0.1, 0.15) is 0 Å². The predicted octanol–water partition coefficient (Wildman–Crippen LogP) is 1.56. The Morgan fingerprint density at radius 1 is 1.56 bits per heavy atom. The van der Waals surface area contributed by atoms with Gasteiger partial charge in [-0.2, -0.15) is 11.8 Å². The maximum Gasteiger partial charge on any atom is 0.220 e. The van der Waals surface area contributed by atoms with Crippen LogP contribution in [0.4, 0.5) is 0 Å². The zero-order valence-corrected chi connectivity index (χ0v) is 10.1. The second-order valence-corrected chi connectivity index (χ2v) is 5.34. The van der Waals surface area contributed by atoms with Gasteiger partial charge in [0.2, 0.25) is 5.91 Å². The first-order chi connectivity index (χ1) is 7.84. The SMILES string of the molecule is O=C(CC1CCSCC1)NCc1cnc[nH]1. The highest BCUT2D eigenvalue weighted by molar-refractivity contribution is 7.99. The number of imidazole rings is 1. The Morgan fingerprint density at radius 3 is 3.06 bits per heavy atom. The van der Waals surface area contributed by atoms with Crippen molar-refractivity contribution in [2.24, 2.45) is 5.92 Å². The van der Waals surface area contributed by atoms with Gasteiger partial charge in [-0.3, -0.25) is 4.79 Å². The van der Waals surface area contributed by atoms with E-state index in [1.165, 1.54) is 24.3 Å². The summed E-state index contributed by atoms with van der Waals surface area (Å²) in [4.78, 5) is 18.5. The molecule has 0 saturated carbocycles. The van der Waals surface area contributed by atoms with Crippen LogP contribution in [0.2, 0.25) is 0 Å². The lowest BCUT2D eigenvalue weighted by molar-refractivity contribution is -0.122. The van der Waals surface area contributed by atoms with Crippen LogP contribution in [-0.2, 0) is 11.3 Å². The van der Waals surface area contributed by atoms with Crippen LogP contribution in [0.1, 0.15) is 25.0 Å². The van der Waals surface area contributed by atoms with Crippen LogP contribution in [0.5, 0.6) is 0 Å². The fraction of sp³-hybridized carbons (Fsp3) is 0.636. The largest absolute Gasteiger partial charge is 0.350 e. The summed E-state index contributed by atoms with van der Waals surface area (Å²) in [6.07, 6.45) is 6.40. The standard InChI is InChI=1S/C11H17N3OS/c15-11(5-9-1-3-16-4-2-9)13-7-10-6-12-8-14-10/h6,8-9H,1-5,7H2,(H,12,14)(H,13,15). The van der Waals surface area contributed by atoms with Gasteiger partial charge in [-0.25, -0.2) is 4.98 Å². The summed E-state index contributed by atoms with van der Waals surface area (Å²) in [6, 6.07) is 0. The predicted molar refractivity (Wildman–Crippen MR) is 65.1 cm³/mol. The second-order valence-electron chi connectivity index (χ2n) is 4.11. The monoisotopic (exact) mass is 239 g/mol. The fourth-order valence-electron chi connectivity index (χ4n) is 1.86. The lowest BCUT2D eigenvalue weighted by Gasteiger charge is -2.20. The minimum atomic E-state index is 0.159. The molecule has 5 heteroatoms. The van der Waals surface area contributed by atoms with Crippen molar-refractivity contribution in [2.45, 2.75) is 25.8 Å². The molecular weight excluding hydrogens is 222 g/mol. The minimum Gasteiger partial charge on any atom is -0.350 e. The zero-order valence-electron chi connectivity index (χ0n) is 9.24. The van der Waals surface area contributed by atoms with Gasteiger partial charge in [0.15, 0.2) is 0 Å². The van der Waals surface area contributed by atoms with Crippen molar-refractivity contribution >= 4 is 17.7 Å². The van der Waals surface area contributed by atoms with E-state index in [0.29, 0.717) is 18.9 Å². The molecule has 0 aliphatic carbocycles. The highest BCUT2D eigenvalue weighted by atomic mass is 32.2. The van der Waals surface area contributed by atoms with Gasteiger partial charge in [-0.05, 0) is 30.3 Å². The van der Waals surface area contributed by atoms with Crippen LogP contribution in [0.25, 0.3) is 0 Å². The third kappa shape index (κ3) is 3.56. The van der Waals surface area contributed by atoms with Gasteiger partial charge in [0.05, 0.1) is 18.6 Å². The number of H-pyrrole nitrogens is 1. The topological polar surface area (TPSA) is 57.8 Å². The number of carbonyl (C=O) groups is 1. The molecule has 16 heavy (non-hydrogen) atoms. The maximum atomic E-state index is 11.7. The summed E-state index contributed by atoms with van der Waals surface area (Å²) in [5, 5.41) is 2.92. The molecule has 88 valence electrons. The van der Waals surface area contributed by atoms with Crippen molar-refractivity contribution in [3.63, 3.8) is 0 Å². The maximum absolute atomic E-state index is 11.7. The molecule has 1 fully saturated rings. The van der Waals surface area contributed by atoms with Crippen molar-refractivity contribution in [2.75, 3.05) is 11.5 Å². The van der Waals surface area contributed by atoms with Crippen molar-refractivity contribution in [3.05, 3.63) is 18.2 Å². The normalized spacial score (nSPS) is 17.2. The molecule has 0 atom stereocenters. The van der Waals surface area contributed by atoms with Crippen LogP contribution in [-0.4, -0.2) is 27.4 Å². The van der Waals surface area contributed by atoms with Crippen molar-refractivity contribution in [1.29, 1.82) is 0 Å². The molecule has 0 spiro atoms. The summed E-state index contributed by atoms with van der Waals surface area (Å²) in [6.45, 7) is 0.556. The molecule has 1 aliphatic rings. The first-order valence-electron chi connectivity index (χ1n) is 5.66. The quantitative estimate of drug-likeness (QED) is 0.838.